The number of methoxy groups -OCH3 is 1. The number of aryl methyl sites for hydroxylation is 1. The van der Waals surface area contributed by atoms with Crippen molar-refractivity contribution in [3.05, 3.63) is 41.0 Å². The van der Waals surface area contributed by atoms with Crippen LogP contribution in [0, 0.1) is 5.41 Å². The summed E-state index contributed by atoms with van der Waals surface area (Å²) in [7, 11) is 4.86. The third-order valence-electron chi connectivity index (χ3n) is 2.82. The van der Waals surface area contributed by atoms with Gasteiger partial charge in [0.2, 0.25) is 0 Å². The zero-order chi connectivity index (χ0) is 16.1. The molecule has 116 valence electrons. The van der Waals surface area contributed by atoms with Gasteiger partial charge in [0.1, 0.15) is 12.0 Å². The molecule has 0 aliphatic carbocycles. The fraction of sp³-hybridized carbons (Fsp3) is 0.375. The van der Waals surface area contributed by atoms with Gasteiger partial charge in [0, 0.05) is 18.8 Å². The molecule has 0 amide bonds. The normalized spacial score (nSPS) is 10.4. The molecule has 5 heteroatoms. The number of benzene rings is 1. The molecule has 0 saturated carbocycles. The third kappa shape index (κ3) is 8.02. The van der Waals surface area contributed by atoms with Gasteiger partial charge < -0.3 is 15.0 Å². The number of aldehydes is 1. The maximum absolute atomic E-state index is 10.8. The van der Waals surface area contributed by atoms with Gasteiger partial charge in [-0.05, 0) is 49.1 Å². The van der Waals surface area contributed by atoms with E-state index in [-0.39, 0.29) is 0 Å². The van der Waals surface area contributed by atoms with E-state index in [0.717, 1.165) is 30.3 Å². The number of rotatable bonds is 7. The van der Waals surface area contributed by atoms with Crippen molar-refractivity contribution in [3.8, 4) is 5.75 Å². The minimum absolute atomic E-state index is 0.622. The highest BCUT2D eigenvalue weighted by atomic mass is 16.6. The summed E-state index contributed by atoms with van der Waals surface area (Å²) in [6.07, 6.45) is 5.70. The van der Waals surface area contributed by atoms with Gasteiger partial charge in [0.15, 0.2) is 0 Å². The molecule has 0 aromatic heterocycles. The van der Waals surface area contributed by atoms with E-state index < -0.39 is 0 Å². The molecule has 1 aromatic carbocycles. The largest absolute Gasteiger partial charge is 0.497 e. The molecule has 0 saturated heterocycles. The molecule has 0 aliphatic rings. The Morgan fingerprint density at radius 2 is 2.00 bits per heavy atom. The third-order valence-corrected chi connectivity index (χ3v) is 2.82. The van der Waals surface area contributed by atoms with E-state index in [0.29, 0.717) is 11.3 Å². The van der Waals surface area contributed by atoms with Crippen LogP contribution in [-0.2, 0) is 11.3 Å². The quantitative estimate of drug-likeness (QED) is 0.460. The van der Waals surface area contributed by atoms with Crippen LogP contribution in [-0.4, -0.2) is 33.8 Å². The smallest absolute Gasteiger partial charge is 0.150 e. The molecule has 0 unspecified atom stereocenters. The Kier molecular flexibility index (Phi) is 10.7. The Morgan fingerprint density at radius 3 is 2.43 bits per heavy atom. The van der Waals surface area contributed by atoms with Gasteiger partial charge in [-0.2, -0.15) is 0 Å². The van der Waals surface area contributed by atoms with Crippen molar-refractivity contribution < 1.29 is 14.4 Å². The molecule has 21 heavy (non-hydrogen) atoms. The molecule has 0 radical (unpaired) electrons. The molecule has 2 N–H and O–H groups in total. The van der Waals surface area contributed by atoms with Crippen LogP contribution in [0.1, 0.15) is 29.3 Å². The lowest BCUT2D eigenvalue weighted by atomic mass is 10.0. The fourth-order valence-corrected chi connectivity index (χ4v) is 1.60. The van der Waals surface area contributed by atoms with Crippen LogP contribution >= 0.6 is 0 Å². The van der Waals surface area contributed by atoms with E-state index in [9.17, 15) is 4.79 Å². The van der Waals surface area contributed by atoms with Crippen LogP contribution in [0.25, 0.3) is 0 Å². The highest BCUT2D eigenvalue weighted by molar-refractivity contribution is 5.76. The summed E-state index contributed by atoms with van der Waals surface area (Å²) in [5, 5.41) is 7.21. The second kappa shape index (κ2) is 11.8. The van der Waals surface area contributed by atoms with Crippen molar-refractivity contribution in [1.29, 1.82) is 5.41 Å². The van der Waals surface area contributed by atoms with E-state index in [1.165, 1.54) is 6.21 Å². The Balaban J connectivity index is 0.000000885. The topological polar surface area (TPSA) is 71.4 Å². The molecule has 0 bridgehead atoms. The Morgan fingerprint density at radius 1 is 1.33 bits per heavy atom. The molecule has 0 fully saturated rings. The van der Waals surface area contributed by atoms with Crippen LogP contribution in [0.2, 0.25) is 0 Å². The number of carbonyl (C=O) groups is 1. The standard InChI is InChI=1S/C14H17NO2.C2H7NO/c1-3-11(9-15)4-5-12-6-13(10-16)8-14(7-12)17-2;1-3-4-2/h3,6-10,15H,4-5H2,1-2H3;3H,1-2H3/b11-3-,15-9?;. The molecule has 0 aliphatic heterocycles. The number of ether oxygens (including phenoxy) is 1. The predicted molar refractivity (Wildman–Crippen MR) is 85.3 cm³/mol. The maximum atomic E-state index is 10.8. The molecule has 0 heterocycles. The van der Waals surface area contributed by atoms with Crippen LogP contribution in [0.3, 0.4) is 0 Å². The highest BCUT2D eigenvalue weighted by Gasteiger charge is 2.02. The summed E-state index contributed by atoms with van der Waals surface area (Å²) in [6.45, 7) is 1.92. The van der Waals surface area contributed by atoms with Crippen molar-refractivity contribution >= 4 is 12.5 Å². The Labute approximate surface area is 126 Å². The SMILES string of the molecule is C/C=C(\C=N)CCc1cc(C=O)cc(OC)c1.CNOC. The lowest BCUT2D eigenvalue weighted by Gasteiger charge is -2.06. The lowest BCUT2D eigenvalue weighted by molar-refractivity contribution is 0.112. The number of carbonyl (C=O) groups excluding carboxylic acids is 1. The van der Waals surface area contributed by atoms with E-state index >= 15 is 0 Å². The van der Waals surface area contributed by atoms with Gasteiger partial charge in [-0.1, -0.05) is 6.08 Å². The van der Waals surface area contributed by atoms with Crippen LogP contribution in [0.4, 0.5) is 0 Å². The van der Waals surface area contributed by atoms with Crippen LogP contribution in [0.5, 0.6) is 5.75 Å². The first-order valence-corrected chi connectivity index (χ1v) is 6.63. The molecule has 1 aromatic rings. The minimum atomic E-state index is 0.622. The number of hydrogen-bond acceptors (Lipinski definition) is 5. The first-order valence-electron chi connectivity index (χ1n) is 6.63. The summed E-state index contributed by atoms with van der Waals surface area (Å²) < 4.78 is 5.14. The first kappa shape index (κ1) is 19.0. The van der Waals surface area contributed by atoms with Crippen LogP contribution < -0.4 is 10.2 Å². The second-order valence-electron chi connectivity index (χ2n) is 4.15. The second-order valence-corrected chi connectivity index (χ2v) is 4.15. The van der Waals surface area contributed by atoms with Gasteiger partial charge in [-0.25, -0.2) is 5.48 Å². The van der Waals surface area contributed by atoms with Crippen molar-refractivity contribution in [2.45, 2.75) is 19.8 Å². The van der Waals surface area contributed by atoms with Crippen molar-refractivity contribution in [1.82, 2.24) is 5.48 Å². The fourth-order valence-electron chi connectivity index (χ4n) is 1.60. The van der Waals surface area contributed by atoms with Gasteiger partial charge in [0.05, 0.1) is 14.2 Å². The molecular weight excluding hydrogens is 268 g/mol. The number of allylic oxidation sites excluding steroid dienone is 2. The van der Waals surface area contributed by atoms with E-state index in [1.54, 1.807) is 27.3 Å². The highest BCUT2D eigenvalue weighted by Crippen LogP contribution is 2.18. The maximum Gasteiger partial charge on any atom is 0.150 e. The summed E-state index contributed by atoms with van der Waals surface area (Å²) in [5.74, 6) is 0.696. The Bertz CT molecular complexity index is 469. The summed E-state index contributed by atoms with van der Waals surface area (Å²) in [6, 6.07) is 5.49. The van der Waals surface area contributed by atoms with Crippen molar-refractivity contribution in [2.75, 3.05) is 21.3 Å². The number of nitrogens with one attached hydrogen (secondary N) is 2. The average Bonchev–Trinajstić information content (AvgIpc) is 2.55. The van der Waals surface area contributed by atoms with Crippen molar-refractivity contribution in [2.24, 2.45) is 0 Å². The summed E-state index contributed by atoms with van der Waals surface area (Å²) in [5.41, 5.74) is 5.09. The van der Waals surface area contributed by atoms with E-state index in [2.05, 4.69) is 10.3 Å². The molecule has 5 nitrogen and oxygen atoms in total. The van der Waals surface area contributed by atoms with E-state index in [1.807, 2.05) is 25.1 Å². The zero-order valence-electron chi connectivity index (χ0n) is 13.1. The predicted octanol–water partition coefficient (Wildman–Crippen LogP) is 2.80. The molecule has 0 atom stereocenters. The van der Waals surface area contributed by atoms with Crippen molar-refractivity contribution in [3.63, 3.8) is 0 Å². The van der Waals surface area contributed by atoms with Crippen LogP contribution in [0.15, 0.2) is 29.8 Å². The average molecular weight is 292 g/mol. The minimum Gasteiger partial charge on any atom is -0.497 e. The first-order chi connectivity index (χ1) is 10.1. The van der Waals surface area contributed by atoms with Gasteiger partial charge in [-0.3, -0.25) is 4.79 Å². The summed E-state index contributed by atoms with van der Waals surface area (Å²) >= 11 is 0. The zero-order valence-corrected chi connectivity index (χ0v) is 13.1. The van der Waals surface area contributed by atoms with Gasteiger partial charge in [-0.15, -0.1) is 0 Å². The molecule has 1 rings (SSSR count). The summed E-state index contributed by atoms with van der Waals surface area (Å²) in [4.78, 5) is 15.1. The number of hydrogen-bond donors (Lipinski definition) is 2. The molecular formula is C16H24N2O3. The van der Waals surface area contributed by atoms with E-state index in [4.69, 9.17) is 10.1 Å². The monoisotopic (exact) mass is 292 g/mol. The lowest BCUT2D eigenvalue weighted by Crippen LogP contribution is -2.00. The Hall–Kier alpha value is -1.98. The van der Waals surface area contributed by atoms with Gasteiger partial charge >= 0.3 is 0 Å². The molecule has 0 spiro atoms. The van der Waals surface area contributed by atoms with Gasteiger partial charge in [0.25, 0.3) is 0 Å². The number of hydroxylamine groups is 1.